The molecule has 104 valence electrons. The summed E-state index contributed by atoms with van der Waals surface area (Å²) in [6, 6.07) is 5.69. The third-order valence-corrected chi connectivity index (χ3v) is 3.34. The molecule has 0 spiro atoms. The molecule has 0 radical (unpaired) electrons. The summed E-state index contributed by atoms with van der Waals surface area (Å²) in [5, 5.41) is 0.775. The van der Waals surface area contributed by atoms with Gasteiger partial charge in [-0.05, 0) is 18.2 Å². The van der Waals surface area contributed by atoms with Crippen LogP contribution in [0.3, 0.4) is 0 Å². The van der Waals surface area contributed by atoms with Gasteiger partial charge in [-0.25, -0.2) is 4.98 Å². The Balaban J connectivity index is 2.42. The molecule has 1 amide bonds. The van der Waals surface area contributed by atoms with Crippen LogP contribution in [-0.2, 0) is 0 Å². The van der Waals surface area contributed by atoms with E-state index in [0.717, 1.165) is 0 Å². The molecule has 1 aromatic heterocycles. The first-order chi connectivity index (χ1) is 9.38. The van der Waals surface area contributed by atoms with Crippen LogP contribution in [0.25, 0.3) is 0 Å². The smallest absolute Gasteiger partial charge is 0.267 e. The van der Waals surface area contributed by atoms with Crippen LogP contribution in [0.2, 0.25) is 15.1 Å². The van der Waals surface area contributed by atoms with Crippen LogP contribution < -0.4 is 16.2 Å². The number of halogens is 3. The molecule has 8 heteroatoms. The quantitative estimate of drug-likeness (QED) is 0.841. The number of carbonyl (C=O) groups excluding carboxylic acids is 1. The van der Waals surface area contributed by atoms with Crippen LogP contribution in [0.5, 0.6) is 11.6 Å². The van der Waals surface area contributed by atoms with Crippen molar-refractivity contribution in [1.82, 2.24) is 4.98 Å². The molecule has 0 aliphatic heterocycles. The standard InChI is InChI=1S/C12H8Cl3N3O2/c13-5-3-7(15)10(4-6(5)14)20-12-8(16)1-2-9(18-12)11(17)19/h1-4H,16H2,(H2,17,19). The van der Waals surface area contributed by atoms with Gasteiger partial charge in [0.1, 0.15) is 11.4 Å². The summed E-state index contributed by atoms with van der Waals surface area (Å²) in [4.78, 5) is 15.0. The molecule has 4 N–H and O–H groups in total. The lowest BCUT2D eigenvalue weighted by atomic mass is 10.3. The van der Waals surface area contributed by atoms with Crippen LogP contribution in [0.4, 0.5) is 5.69 Å². The van der Waals surface area contributed by atoms with Gasteiger partial charge in [0, 0.05) is 6.07 Å². The van der Waals surface area contributed by atoms with Crippen molar-refractivity contribution in [2.75, 3.05) is 5.73 Å². The van der Waals surface area contributed by atoms with E-state index in [0.29, 0.717) is 0 Å². The van der Waals surface area contributed by atoms with Crippen molar-refractivity contribution in [3.63, 3.8) is 0 Å². The summed E-state index contributed by atoms with van der Waals surface area (Å²) >= 11 is 17.7. The first-order valence-electron chi connectivity index (χ1n) is 5.27. The highest BCUT2D eigenvalue weighted by molar-refractivity contribution is 6.43. The lowest BCUT2D eigenvalue weighted by molar-refractivity contribution is 0.0995. The van der Waals surface area contributed by atoms with E-state index in [1.54, 1.807) is 0 Å². The second-order valence-electron chi connectivity index (χ2n) is 3.75. The first-order valence-corrected chi connectivity index (χ1v) is 6.40. The van der Waals surface area contributed by atoms with Crippen LogP contribution in [0, 0.1) is 0 Å². The third-order valence-electron chi connectivity index (χ3n) is 2.32. The van der Waals surface area contributed by atoms with Gasteiger partial charge in [0.05, 0.1) is 20.8 Å². The van der Waals surface area contributed by atoms with E-state index in [2.05, 4.69) is 4.98 Å². The molecule has 2 aromatic rings. The van der Waals surface area contributed by atoms with E-state index in [4.69, 9.17) is 51.0 Å². The molecular formula is C12H8Cl3N3O2. The minimum atomic E-state index is -0.699. The van der Waals surface area contributed by atoms with Crippen molar-refractivity contribution >= 4 is 46.4 Å². The lowest BCUT2D eigenvalue weighted by Gasteiger charge is -2.10. The van der Waals surface area contributed by atoms with Crippen LogP contribution >= 0.6 is 34.8 Å². The fourth-order valence-electron chi connectivity index (χ4n) is 1.36. The highest BCUT2D eigenvalue weighted by Crippen LogP contribution is 2.37. The number of rotatable bonds is 3. The number of primary amides is 1. The number of hydrogen-bond donors (Lipinski definition) is 2. The van der Waals surface area contributed by atoms with E-state index in [1.165, 1.54) is 24.3 Å². The van der Waals surface area contributed by atoms with Gasteiger partial charge < -0.3 is 16.2 Å². The van der Waals surface area contributed by atoms with Crippen molar-refractivity contribution in [2.24, 2.45) is 5.73 Å². The maximum Gasteiger partial charge on any atom is 0.267 e. The van der Waals surface area contributed by atoms with E-state index >= 15 is 0 Å². The lowest BCUT2D eigenvalue weighted by Crippen LogP contribution is -2.13. The second kappa shape index (κ2) is 5.75. The van der Waals surface area contributed by atoms with Crippen LogP contribution in [-0.4, -0.2) is 10.9 Å². The number of nitrogen functional groups attached to an aromatic ring is 1. The monoisotopic (exact) mass is 331 g/mol. The molecule has 0 fully saturated rings. The number of pyridine rings is 1. The van der Waals surface area contributed by atoms with Gasteiger partial charge >= 0.3 is 0 Å². The van der Waals surface area contributed by atoms with E-state index in [1.807, 2.05) is 0 Å². The topological polar surface area (TPSA) is 91.2 Å². The number of hydrogen-bond acceptors (Lipinski definition) is 4. The number of benzene rings is 1. The fourth-order valence-corrected chi connectivity index (χ4v) is 1.93. The Morgan fingerprint density at radius 3 is 2.40 bits per heavy atom. The van der Waals surface area contributed by atoms with Gasteiger partial charge in [-0.3, -0.25) is 4.79 Å². The highest BCUT2D eigenvalue weighted by Gasteiger charge is 2.13. The molecule has 0 aliphatic rings. The maximum absolute atomic E-state index is 11.1. The van der Waals surface area contributed by atoms with E-state index in [-0.39, 0.29) is 38.1 Å². The third kappa shape index (κ3) is 3.07. The summed E-state index contributed by atoms with van der Waals surface area (Å²) in [5.41, 5.74) is 11.1. The molecule has 1 aromatic carbocycles. The fraction of sp³-hybridized carbons (Fsp3) is 0. The van der Waals surface area contributed by atoms with Gasteiger partial charge in [0.15, 0.2) is 0 Å². The van der Waals surface area contributed by atoms with Crippen molar-refractivity contribution < 1.29 is 9.53 Å². The number of amides is 1. The summed E-state index contributed by atoms with van der Waals surface area (Å²) in [5.74, 6) is -0.487. The average molecular weight is 333 g/mol. The molecule has 0 saturated carbocycles. The average Bonchev–Trinajstić information content (AvgIpc) is 2.38. The molecule has 0 atom stereocenters. The minimum Gasteiger partial charge on any atom is -0.435 e. The summed E-state index contributed by atoms with van der Waals surface area (Å²) in [7, 11) is 0. The zero-order chi connectivity index (χ0) is 14.9. The van der Waals surface area contributed by atoms with Gasteiger partial charge in [-0.15, -0.1) is 0 Å². The molecule has 20 heavy (non-hydrogen) atoms. The molecule has 0 bridgehead atoms. The Bertz CT molecular complexity index is 692. The van der Waals surface area contributed by atoms with Crippen molar-refractivity contribution in [1.29, 1.82) is 0 Å². The van der Waals surface area contributed by atoms with Crippen molar-refractivity contribution in [3.8, 4) is 11.6 Å². The molecule has 0 unspecified atom stereocenters. The maximum atomic E-state index is 11.1. The van der Waals surface area contributed by atoms with Crippen LogP contribution in [0.15, 0.2) is 24.3 Å². The predicted octanol–water partition coefficient (Wildman–Crippen LogP) is 3.52. The first kappa shape index (κ1) is 14.7. The molecule has 1 heterocycles. The number of nitrogens with two attached hydrogens (primary N) is 2. The molecular weight excluding hydrogens is 325 g/mol. The number of anilines is 1. The zero-order valence-electron chi connectivity index (χ0n) is 9.86. The number of nitrogens with zero attached hydrogens (tertiary/aromatic N) is 1. The Morgan fingerprint density at radius 2 is 1.75 bits per heavy atom. The van der Waals surface area contributed by atoms with Crippen LogP contribution in [0.1, 0.15) is 10.5 Å². The molecule has 5 nitrogen and oxygen atoms in total. The molecule has 0 saturated heterocycles. The van der Waals surface area contributed by atoms with E-state index < -0.39 is 5.91 Å². The summed E-state index contributed by atoms with van der Waals surface area (Å²) in [6.07, 6.45) is 0. The summed E-state index contributed by atoms with van der Waals surface area (Å²) < 4.78 is 5.45. The normalized spacial score (nSPS) is 10.3. The molecule has 2 rings (SSSR count). The SMILES string of the molecule is NC(=O)c1ccc(N)c(Oc2cc(Cl)c(Cl)cc2Cl)n1. The van der Waals surface area contributed by atoms with Crippen molar-refractivity contribution in [3.05, 3.63) is 45.0 Å². The Morgan fingerprint density at radius 1 is 1.10 bits per heavy atom. The number of ether oxygens (including phenoxy) is 1. The van der Waals surface area contributed by atoms with Gasteiger partial charge in [-0.1, -0.05) is 34.8 Å². The van der Waals surface area contributed by atoms with Gasteiger partial charge in [0.2, 0.25) is 5.88 Å². The zero-order valence-corrected chi connectivity index (χ0v) is 12.1. The summed E-state index contributed by atoms with van der Waals surface area (Å²) in [6.45, 7) is 0. The minimum absolute atomic E-state index is 0.00147. The Labute approximate surface area is 129 Å². The Hall–Kier alpha value is -1.69. The number of carbonyl (C=O) groups is 1. The van der Waals surface area contributed by atoms with Gasteiger partial charge in [0.25, 0.3) is 5.91 Å². The van der Waals surface area contributed by atoms with E-state index in [9.17, 15) is 4.79 Å². The molecule has 0 aliphatic carbocycles. The van der Waals surface area contributed by atoms with Gasteiger partial charge in [-0.2, -0.15) is 0 Å². The Kier molecular flexibility index (Phi) is 4.23. The second-order valence-corrected chi connectivity index (χ2v) is 4.98. The largest absolute Gasteiger partial charge is 0.435 e. The predicted molar refractivity (Wildman–Crippen MR) is 78.7 cm³/mol. The van der Waals surface area contributed by atoms with Crippen molar-refractivity contribution in [2.45, 2.75) is 0 Å². The number of aromatic nitrogens is 1. The highest BCUT2D eigenvalue weighted by atomic mass is 35.5.